The van der Waals surface area contributed by atoms with Gasteiger partial charge in [-0.05, 0) is 54.7 Å². The Morgan fingerprint density at radius 1 is 1.14 bits per heavy atom. The van der Waals surface area contributed by atoms with Crippen molar-refractivity contribution in [3.05, 3.63) is 29.3 Å². The van der Waals surface area contributed by atoms with Crippen molar-refractivity contribution in [2.75, 3.05) is 6.61 Å². The van der Waals surface area contributed by atoms with Crippen LogP contribution >= 0.6 is 0 Å². The van der Waals surface area contributed by atoms with Gasteiger partial charge in [0.1, 0.15) is 5.75 Å². The molecule has 1 rings (SSSR count). The fourth-order valence-corrected chi connectivity index (χ4v) is 2.42. The van der Waals surface area contributed by atoms with E-state index in [1.807, 2.05) is 0 Å². The molecule has 0 fully saturated rings. The third-order valence-corrected chi connectivity index (χ3v) is 4.02. The quantitative estimate of drug-likeness (QED) is 0.702. The monoisotopic (exact) mass is 291 g/mol. The zero-order valence-corrected chi connectivity index (χ0v) is 14.5. The lowest BCUT2D eigenvalue weighted by Crippen LogP contribution is -2.26. The summed E-state index contributed by atoms with van der Waals surface area (Å²) in [5, 5.41) is 0. The Morgan fingerprint density at radius 3 is 2.43 bits per heavy atom. The predicted molar refractivity (Wildman–Crippen MR) is 92.1 cm³/mol. The lowest BCUT2D eigenvalue weighted by atomic mass is 9.95. The summed E-state index contributed by atoms with van der Waals surface area (Å²) >= 11 is 0. The molecule has 0 aromatic heterocycles. The van der Waals surface area contributed by atoms with Gasteiger partial charge in [0.25, 0.3) is 0 Å². The summed E-state index contributed by atoms with van der Waals surface area (Å²) in [5.41, 5.74) is 8.85. The van der Waals surface area contributed by atoms with Gasteiger partial charge < -0.3 is 10.5 Å². The second-order valence-corrected chi connectivity index (χ2v) is 6.68. The van der Waals surface area contributed by atoms with Gasteiger partial charge in [0.15, 0.2) is 0 Å². The molecule has 0 saturated heterocycles. The second kappa shape index (κ2) is 9.09. The number of aryl methyl sites for hydroxylation is 1. The van der Waals surface area contributed by atoms with Gasteiger partial charge in [-0.15, -0.1) is 0 Å². The summed E-state index contributed by atoms with van der Waals surface area (Å²) in [7, 11) is 0. The van der Waals surface area contributed by atoms with Crippen LogP contribution in [0.15, 0.2) is 18.2 Å². The minimum absolute atomic E-state index is 0.321. The van der Waals surface area contributed by atoms with Gasteiger partial charge >= 0.3 is 0 Å². The second-order valence-electron chi connectivity index (χ2n) is 6.68. The van der Waals surface area contributed by atoms with Crippen molar-refractivity contribution >= 4 is 0 Å². The molecule has 2 N–H and O–H groups in total. The summed E-state index contributed by atoms with van der Waals surface area (Å²) in [6, 6.07) is 6.98. The van der Waals surface area contributed by atoms with Gasteiger partial charge in [-0.3, -0.25) is 0 Å². The van der Waals surface area contributed by atoms with Crippen LogP contribution in [0.4, 0.5) is 0 Å². The average molecular weight is 291 g/mol. The fraction of sp³-hybridized carbons (Fsp3) is 0.684. The van der Waals surface area contributed by atoms with Gasteiger partial charge in [-0.1, -0.05) is 46.8 Å². The lowest BCUT2D eigenvalue weighted by molar-refractivity contribution is 0.313. The topological polar surface area (TPSA) is 35.2 Å². The number of hydrogen-bond donors (Lipinski definition) is 1. The largest absolute Gasteiger partial charge is 0.493 e. The summed E-state index contributed by atoms with van der Waals surface area (Å²) < 4.78 is 5.86. The van der Waals surface area contributed by atoms with Crippen LogP contribution in [0.3, 0.4) is 0 Å². The molecule has 0 aliphatic rings. The van der Waals surface area contributed by atoms with E-state index in [4.69, 9.17) is 10.5 Å². The molecule has 1 aromatic carbocycles. The Morgan fingerprint density at radius 2 is 1.86 bits per heavy atom. The number of benzene rings is 1. The first-order valence-electron chi connectivity index (χ1n) is 8.46. The van der Waals surface area contributed by atoms with Crippen molar-refractivity contribution < 1.29 is 4.74 Å². The van der Waals surface area contributed by atoms with E-state index < -0.39 is 0 Å². The Hall–Kier alpha value is -1.02. The Balaban J connectivity index is 2.65. The van der Waals surface area contributed by atoms with Gasteiger partial charge in [0.05, 0.1) is 6.61 Å². The van der Waals surface area contributed by atoms with Crippen LogP contribution in [0.5, 0.6) is 5.75 Å². The Labute approximate surface area is 131 Å². The molecule has 0 spiro atoms. The summed E-state index contributed by atoms with van der Waals surface area (Å²) in [4.78, 5) is 0. The van der Waals surface area contributed by atoms with E-state index in [2.05, 4.69) is 52.8 Å². The molecule has 0 saturated carbocycles. The van der Waals surface area contributed by atoms with Gasteiger partial charge in [-0.2, -0.15) is 0 Å². The van der Waals surface area contributed by atoms with Crippen LogP contribution in [-0.4, -0.2) is 12.6 Å². The van der Waals surface area contributed by atoms with Crippen LogP contribution in [-0.2, 0) is 6.42 Å². The highest BCUT2D eigenvalue weighted by Crippen LogP contribution is 2.28. The van der Waals surface area contributed by atoms with Crippen molar-refractivity contribution in [3.8, 4) is 5.75 Å². The molecular weight excluding hydrogens is 258 g/mol. The first-order valence-corrected chi connectivity index (χ1v) is 8.46. The smallest absolute Gasteiger partial charge is 0.122 e. The molecule has 21 heavy (non-hydrogen) atoms. The first-order chi connectivity index (χ1) is 9.95. The summed E-state index contributed by atoms with van der Waals surface area (Å²) in [6.45, 7) is 11.8. The molecule has 2 heteroatoms. The minimum atomic E-state index is 0.321. The zero-order chi connectivity index (χ0) is 15.8. The third-order valence-electron chi connectivity index (χ3n) is 4.02. The summed E-state index contributed by atoms with van der Waals surface area (Å²) in [6.07, 6.45) is 4.41. The first kappa shape index (κ1) is 18.0. The highest BCUT2D eigenvalue weighted by atomic mass is 16.5. The van der Waals surface area contributed by atoms with Crippen LogP contribution < -0.4 is 10.5 Å². The third kappa shape index (κ3) is 6.09. The molecule has 0 aliphatic carbocycles. The van der Waals surface area contributed by atoms with E-state index in [0.29, 0.717) is 17.9 Å². The molecular formula is C19H33NO. The Bertz CT molecular complexity index is 412. The Kier molecular flexibility index (Phi) is 7.81. The molecule has 1 unspecified atom stereocenters. The SMILES string of the molecule is CCCOc1ccc(CCCC(N)C(C)C)cc1C(C)C. The van der Waals surface area contributed by atoms with E-state index in [1.165, 1.54) is 11.1 Å². The van der Waals surface area contributed by atoms with Crippen molar-refractivity contribution in [1.29, 1.82) is 0 Å². The number of nitrogens with two attached hydrogens (primary N) is 1. The van der Waals surface area contributed by atoms with Gasteiger partial charge in [0, 0.05) is 6.04 Å². The number of hydrogen-bond acceptors (Lipinski definition) is 2. The molecule has 0 bridgehead atoms. The highest BCUT2D eigenvalue weighted by Gasteiger charge is 2.10. The summed E-state index contributed by atoms with van der Waals surface area (Å²) in [5.74, 6) is 2.12. The van der Waals surface area contributed by atoms with E-state index in [9.17, 15) is 0 Å². The average Bonchev–Trinajstić information content (AvgIpc) is 2.45. The number of rotatable bonds is 9. The highest BCUT2D eigenvalue weighted by molar-refractivity contribution is 5.39. The maximum atomic E-state index is 6.12. The van der Waals surface area contributed by atoms with E-state index in [-0.39, 0.29) is 0 Å². The maximum Gasteiger partial charge on any atom is 0.122 e. The van der Waals surface area contributed by atoms with Gasteiger partial charge in [-0.25, -0.2) is 0 Å². The van der Waals surface area contributed by atoms with E-state index in [0.717, 1.165) is 38.0 Å². The zero-order valence-electron chi connectivity index (χ0n) is 14.5. The molecule has 120 valence electrons. The van der Waals surface area contributed by atoms with E-state index >= 15 is 0 Å². The van der Waals surface area contributed by atoms with Crippen molar-refractivity contribution in [2.24, 2.45) is 11.7 Å². The molecule has 2 nitrogen and oxygen atoms in total. The molecule has 1 atom stereocenters. The standard InChI is InChI=1S/C19H33NO/c1-6-12-21-19-11-10-16(13-17(19)14(2)3)8-7-9-18(20)15(4)5/h10-11,13-15,18H,6-9,12,20H2,1-5H3. The minimum Gasteiger partial charge on any atom is -0.493 e. The van der Waals surface area contributed by atoms with Crippen LogP contribution in [0.1, 0.15) is 70.9 Å². The lowest BCUT2D eigenvalue weighted by Gasteiger charge is -2.17. The molecule has 1 aromatic rings. The molecule has 0 heterocycles. The van der Waals surface area contributed by atoms with E-state index in [1.54, 1.807) is 0 Å². The normalized spacial score (nSPS) is 13.0. The molecule has 0 aliphatic heterocycles. The molecule has 0 amide bonds. The van der Waals surface area contributed by atoms with Crippen molar-refractivity contribution in [1.82, 2.24) is 0 Å². The van der Waals surface area contributed by atoms with Gasteiger partial charge in [0.2, 0.25) is 0 Å². The fourth-order valence-electron chi connectivity index (χ4n) is 2.42. The van der Waals surface area contributed by atoms with Crippen LogP contribution in [0.2, 0.25) is 0 Å². The van der Waals surface area contributed by atoms with Crippen LogP contribution in [0, 0.1) is 5.92 Å². The predicted octanol–water partition coefficient (Wildman–Crippen LogP) is 4.90. The van der Waals surface area contributed by atoms with Crippen molar-refractivity contribution in [2.45, 2.75) is 72.3 Å². The maximum absolute atomic E-state index is 6.12. The van der Waals surface area contributed by atoms with Crippen LogP contribution in [0.25, 0.3) is 0 Å². The number of ether oxygens (including phenoxy) is 1. The van der Waals surface area contributed by atoms with Crippen molar-refractivity contribution in [3.63, 3.8) is 0 Å². The molecule has 0 radical (unpaired) electrons.